The van der Waals surface area contributed by atoms with E-state index in [9.17, 15) is 4.39 Å². The van der Waals surface area contributed by atoms with Crippen LogP contribution in [-0.2, 0) is 19.5 Å². The molecule has 1 aromatic heterocycles. The van der Waals surface area contributed by atoms with Crippen molar-refractivity contribution in [3.05, 3.63) is 41.7 Å². The third kappa shape index (κ3) is 6.96. The van der Waals surface area contributed by atoms with E-state index < -0.39 is 0 Å². The van der Waals surface area contributed by atoms with Crippen LogP contribution in [0.3, 0.4) is 0 Å². The van der Waals surface area contributed by atoms with Crippen LogP contribution in [0.4, 0.5) is 10.1 Å². The van der Waals surface area contributed by atoms with E-state index in [1.165, 1.54) is 6.07 Å². The van der Waals surface area contributed by atoms with Crippen molar-refractivity contribution < 1.29 is 4.39 Å². The lowest BCUT2D eigenvalue weighted by molar-refractivity contribution is 0.623. The molecule has 1 heterocycles. The quantitative estimate of drug-likeness (QED) is 0.339. The number of benzene rings is 1. The van der Waals surface area contributed by atoms with E-state index in [0.717, 1.165) is 30.9 Å². The van der Waals surface area contributed by atoms with Gasteiger partial charge in [0.2, 0.25) is 0 Å². The van der Waals surface area contributed by atoms with Crippen LogP contribution in [0.5, 0.6) is 0 Å². The van der Waals surface area contributed by atoms with Gasteiger partial charge in [-0.1, -0.05) is 13.0 Å². The molecule has 0 unspecified atom stereocenters. The zero-order chi connectivity index (χ0) is 18.9. The van der Waals surface area contributed by atoms with Crippen LogP contribution in [0.1, 0.15) is 25.2 Å². The molecule has 0 aliphatic rings. The number of aryl methyl sites for hydroxylation is 1. The summed E-state index contributed by atoms with van der Waals surface area (Å²) in [5, 5.41) is 14.5. The monoisotopic (exact) mass is 489 g/mol. The highest BCUT2D eigenvalue weighted by Gasteiger charge is 2.06. The van der Waals surface area contributed by atoms with E-state index in [1.807, 2.05) is 31.7 Å². The van der Waals surface area contributed by atoms with Gasteiger partial charge in [-0.25, -0.2) is 9.38 Å². The lowest BCUT2D eigenvalue weighted by Crippen LogP contribution is -2.38. The summed E-state index contributed by atoms with van der Waals surface area (Å²) in [6.45, 7) is 6.69. The van der Waals surface area contributed by atoms with Gasteiger partial charge in [0, 0.05) is 40.2 Å². The van der Waals surface area contributed by atoms with Gasteiger partial charge in [0.1, 0.15) is 18.0 Å². The molecule has 0 saturated heterocycles. The van der Waals surface area contributed by atoms with Gasteiger partial charge >= 0.3 is 0 Å². The van der Waals surface area contributed by atoms with Crippen LogP contribution in [0, 0.1) is 5.82 Å². The van der Waals surface area contributed by atoms with Gasteiger partial charge in [-0.2, -0.15) is 0 Å². The van der Waals surface area contributed by atoms with Crippen molar-refractivity contribution in [2.24, 2.45) is 4.99 Å². The molecule has 150 valence electrons. The fourth-order valence-electron chi connectivity index (χ4n) is 2.56. The molecule has 0 radical (unpaired) electrons. The maximum atomic E-state index is 14.1. The van der Waals surface area contributed by atoms with Crippen molar-refractivity contribution in [3.8, 4) is 0 Å². The maximum Gasteiger partial charge on any atom is 0.191 e. The zero-order valence-electron chi connectivity index (χ0n) is 16.4. The molecule has 27 heavy (non-hydrogen) atoms. The minimum absolute atomic E-state index is 0. The molecule has 0 saturated carbocycles. The van der Waals surface area contributed by atoms with Crippen LogP contribution < -0.4 is 15.5 Å². The minimum Gasteiger partial charge on any atom is -0.375 e. The fraction of sp³-hybridized carbons (Fsp3) is 0.500. The highest BCUT2D eigenvalue weighted by molar-refractivity contribution is 14.0. The molecule has 2 aromatic rings. The molecule has 2 rings (SSSR count). The molecule has 0 amide bonds. The highest BCUT2D eigenvalue weighted by Crippen LogP contribution is 2.18. The number of anilines is 1. The van der Waals surface area contributed by atoms with Gasteiger partial charge in [0.05, 0.1) is 12.2 Å². The van der Waals surface area contributed by atoms with E-state index >= 15 is 0 Å². The van der Waals surface area contributed by atoms with Crippen molar-refractivity contribution in [1.82, 2.24) is 25.4 Å². The largest absolute Gasteiger partial charge is 0.375 e. The minimum atomic E-state index is -0.236. The summed E-state index contributed by atoms with van der Waals surface area (Å²) in [5.41, 5.74) is 1.40. The van der Waals surface area contributed by atoms with Gasteiger partial charge in [0.15, 0.2) is 5.96 Å². The molecule has 1 aromatic carbocycles. The summed E-state index contributed by atoms with van der Waals surface area (Å²) in [4.78, 5) is 6.29. The lowest BCUT2D eigenvalue weighted by atomic mass is 10.2. The van der Waals surface area contributed by atoms with E-state index in [-0.39, 0.29) is 29.8 Å². The van der Waals surface area contributed by atoms with Crippen molar-refractivity contribution in [1.29, 1.82) is 0 Å². The number of nitrogens with zero attached hydrogens (tertiary/aromatic N) is 5. The average Bonchev–Trinajstić information content (AvgIpc) is 3.07. The molecular weight excluding hydrogens is 460 g/mol. The summed E-state index contributed by atoms with van der Waals surface area (Å²) in [5.74, 6) is 1.43. The topological polar surface area (TPSA) is 70.4 Å². The second kappa shape index (κ2) is 11.7. The Hall–Kier alpha value is -1.91. The molecule has 9 heteroatoms. The summed E-state index contributed by atoms with van der Waals surface area (Å²) in [6, 6.07) is 5.21. The molecule has 0 aliphatic heterocycles. The van der Waals surface area contributed by atoms with Crippen molar-refractivity contribution in [2.75, 3.05) is 32.1 Å². The Morgan fingerprint density at radius 2 is 2.04 bits per heavy atom. The number of hydrogen-bond donors (Lipinski definition) is 2. The molecule has 0 atom stereocenters. The van der Waals surface area contributed by atoms with Gasteiger partial charge in [-0.15, -0.1) is 34.2 Å². The molecular formula is C18H29FIN7. The highest BCUT2D eigenvalue weighted by atomic mass is 127. The van der Waals surface area contributed by atoms with Crippen molar-refractivity contribution >= 4 is 35.6 Å². The van der Waals surface area contributed by atoms with Crippen LogP contribution in [0.2, 0.25) is 0 Å². The molecule has 0 fully saturated rings. The Morgan fingerprint density at radius 3 is 2.67 bits per heavy atom. The Balaban J connectivity index is 0.00000364. The van der Waals surface area contributed by atoms with Crippen LogP contribution in [0.15, 0.2) is 29.5 Å². The Kier molecular flexibility index (Phi) is 10.0. The third-order valence-corrected chi connectivity index (χ3v) is 3.91. The second-order valence-electron chi connectivity index (χ2n) is 6.10. The smallest absolute Gasteiger partial charge is 0.191 e. The van der Waals surface area contributed by atoms with Gasteiger partial charge in [-0.3, -0.25) is 0 Å². The first-order valence-electron chi connectivity index (χ1n) is 8.89. The summed E-state index contributed by atoms with van der Waals surface area (Å²) >= 11 is 0. The molecule has 0 aliphatic carbocycles. The SMILES string of the molecule is CCNC(=NCc1ccc(N(C)C)c(F)c1)NCCn1cnnc1CC.I. The summed E-state index contributed by atoms with van der Waals surface area (Å²) < 4.78 is 16.1. The van der Waals surface area contributed by atoms with E-state index in [1.54, 1.807) is 17.3 Å². The van der Waals surface area contributed by atoms with Crippen LogP contribution in [-0.4, -0.2) is 47.9 Å². The first-order chi connectivity index (χ1) is 12.5. The normalized spacial score (nSPS) is 11.1. The van der Waals surface area contributed by atoms with Gasteiger partial charge in [0.25, 0.3) is 0 Å². The predicted octanol–water partition coefficient (Wildman–Crippen LogP) is 2.42. The standard InChI is InChI=1S/C18H28FN7.HI/c1-5-17-24-23-13-26(17)10-9-21-18(20-6-2)22-12-14-7-8-16(25(3)4)15(19)11-14;/h7-8,11,13H,5-6,9-10,12H2,1-4H3,(H2,20,21,22);1H. The number of halogens is 2. The number of aromatic nitrogens is 3. The maximum absolute atomic E-state index is 14.1. The molecule has 0 bridgehead atoms. The molecule has 2 N–H and O–H groups in total. The third-order valence-electron chi connectivity index (χ3n) is 3.91. The second-order valence-corrected chi connectivity index (χ2v) is 6.10. The number of aliphatic imine (C=N–C) groups is 1. The summed E-state index contributed by atoms with van der Waals surface area (Å²) in [6.07, 6.45) is 2.59. The Bertz CT molecular complexity index is 730. The van der Waals surface area contributed by atoms with Crippen LogP contribution in [0.25, 0.3) is 0 Å². The number of nitrogens with one attached hydrogen (secondary N) is 2. The molecule has 7 nitrogen and oxygen atoms in total. The van der Waals surface area contributed by atoms with Gasteiger partial charge in [-0.05, 0) is 24.6 Å². The first kappa shape index (κ1) is 23.1. The van der Waals surface area contributed by atoms with Crippen molar-refractivity contribution in [3.63, 3.8) is 0 Å². The van der Waals surface area contributed by atoms with E-state index in [0.29, 0.717) is 24.7 Å². The van der Waals surface area contributed by atoms with E-state index in [4.69, 9.17) is 0 Å². The predicted molar refractivity (Wildman–Crippen MR) is 118 cm³/mol. The lowest BCUT2D eigenvalue weighted by Gasteiger charge is -2.14. The van der Waals surface area contributed by atoms with Crippen molar-refractivity contribution in [2.45, 2.75) is 33.4 Å². The zero-order valence-corrected chi connectivity index (χ0v) is 18.7. The summed E-state index contributed by atoms with van der Waals surface area (Å²) in [7, 11) is 3.65. The first-order valence-corrected chi connectivity index (χ1v) is 8.89. The molecule has 0 spiro atoms. The number of hydrogen-bond acceptors (Lipinski definition) is 4. The number of guanidine groups is 1. The fourth-order valence-corrected chi connectivity index (χ4v) is 2.56. The van der Waals surface area contributed by atoms with Crippen LogP contribution >= 0.6 is 24.0 Å². The number of rotatable bonds is 8. The Morgan fingerprint density at radius 1 is 1.26 bits per heavy atom. The van der Waals surface area contributed by atoms with Gasteiger partial charge < -0.3 is 20.1 Å². The Labute approximate surface area is 177 Å². The average molecular weight is 489 g/mol. The van der Waals surface area contributed by atoms with E-state index in [2.05, 4.69) is 32.7 Å².